The number of carboxylic acid groups (broad SMARTS) is 2. The number of hydrogen-bond acceptors (Lipinski definition) is 5. The van der Waals surface area contributed by atoms with Crippen molar-refractivity contribution in [1.82, 2.24) is 0 Å². The molecule has 172 valence electrons. The number of benzene rings is 2. The highest BCUT2D eigenvalue weighted by Crippen LogP contribution is 2.29. The third kappa shape index (κ3) is 7.36. The van der Waals surface area contributed by atoms with Crippen molar-refractivity contribution in [3.05, 3.63) is 65.2 Å². The van der Waals surface area contributed by atoms with E-state index in [4.69, 9.17) is 20.7 Å². The van der Waals surface area contributed by atoms with Gasteiger partial charge in [-0.1, -0.05) is 24.3 Å². The largest absolute Gasteiger partial charge is 0.480 e. The number of carbonyl (C=O) groups is 3. The minimum Gasteiger partial charge on any atom is -0.480 e. The second-order valence-electron chi connectivity index (χ2n) is 6.88. The summed E-state index contributed by atoms with van der Waals surface area (Å²) in [6.45, 7) is -0.257. The average Bonchev–Trinajstić information content (AvgIpc) is 2.72. The first-order valence-electron chi connectivity index (χ1n) is 9.35. The van der Waals surface area contributed by atoms with Gasteiger partial charge in [0.25, 0.3) is 0 Å². The molecule has 2 aromatic carbocycles. The van der Waals surface area contributed by atoms with Crippen LogP contribution in [0.1, 0.15) is 23.1 Å². The molecule has 0 fully saturated rings. The van der Waals surface area contributed by atoms with E-state index in [1.807, 2.05) is 0 Å². The van der Waals surface area contributed by atoms with Gasteiger partial charge < -0.3 is 26.0 Å². The molecule has 0 unspecified atom stereocenters. The smallest absolute Gasteiger partial charge is 0.416 e. The van der Waals surface area contributed by atoms with Gasteiger partial charge in [-0.15, -0.1) is 0 Å². The zero-order valence-electron chi connectivity index (χ0n) is 16.6. The predicted octanol–water partition coefficient (Wildman–Crippen LogP) is 2.66. The van der Waals surface area contributed by atoms with Gasteiger partial charge in [-0.25, -0.2) is 4.79 Å². The van der Waals surface area contributed by atoms with E-state index in [1.54, 1.807) is 18.2 Å². The molecule has 0 aromatic heterocycles. The highest BCUT2D eigenvalue weighted by molar-refractivity contribution is 5.90. The Labute approximate surface area is 180 Å². The van der Waals surface area contributed by atoms with Gasteiger partial charge in [0.15, 0.2) is 6.10 Å². The molecule has 2 rings (SSSR count). The summed E-state index contributed by atoms with van der Waals surface area (Å²) in [7, 11) is 0. The number of aliphatic carboxylic acids is 2. The standard InChI is InChI=1S/C21H21F3N2O6/c22-21(23,24)14-7-4-12(5-8-14)6-9-16(27)26-15-3-1-2-13(10-15)11-32-18(20(30)31)17(25)19(28)29/h1-5,7-8,10,17-18H,6,9,11,25H2,(H,26,27)(H,28,29)(H,30,31)/t17-,18-/m0/s1. The highest BCUT2D eigenvalue weighted by atomic mass is 19.4. The van der Waals surface area contributed by atoms with Gasteiger partial charge in [0.1, 0.15) is 6.04 Å². The molecule has 8 nitrogen and oxygen atoms in total. The number of nitrogens with two attached hydrogens (primary N) is 1. The fourth-order valence-corrected chi connectivity index (χ4v) is 2.72. The first kappa shape index (κ1) is 24.8. The van der Waals surface area contributed by atoms with Crippen LogP contribution in [0, 0.1) is 0 Å². The number of carbonyl (C=O) groups excluding carboxylic acids is 1. The molecule has 0 saturated heterocycles. The molecular formula is C21H21F3N2O6. The molecule has 0 bridgehead atoms. The van der Waals surface area contributed by atoms with Crippen LogP contribution >= 0.6 is 0 Å². The molecule has 0 aliphatic rings. The SMILES string of the molecule is N[C@H](C(=O)O)[C@H](OCc1cccc(NC(=O)CCc2ccc(C(F)(F)F)cc2)c1)C(=O)O. The molecule has 0 aliphatic carbocycles. The predicted molar refractivity (Wildman–Crippen MR) is 107 cm³/mol. The maximum absolute atomic E-state index is 12.6. The van der Waals surface area contributed by atoms with E-state index in [0.29, 0.717) is 16.8 Å². The van der Waals surface area contributed by atoms with Crippen LogP contribution in [0.25, 0.3) is 0 Å². The summed E-state index contributed by atoms with van der Waals surface area (Å²) < 4.78 is 42.9. The second kappa shape index (κ2) is 10.7. The number of aryl methyl sites for hydroxylation is 1. The Kier molecular flexibility index (Phi) is 8.33. The number of amides is 1. The van der Waals surface area contributed by atoms with Gasteiger partial charge in [0.05, 0.1) is 12.2 Å². The summed E-state index contributed by atoms with van der Waals surface area (Å²) in [6.07, 6.45) is -5.91. The molecule has 0 heterocycles. The van der Waals surface area contributed by atoms with Crippen molar-refractivity contribution >= 4 is 23.5 Å². The molecule has 11 heteroatoms. The van der Waals surface area contributed by atoms with E-state index < -0.39 is 35.8 Å². The van der Waals surface area contributed by atoms with Crippen molar-refractivity contribution in [3.8, 4) is 0 Å². The van der Waals surface area contributed by atoms with Crippen LogP contribution in [-0.2, 0) is 38.3 Å². The molecular weight excluding hydrogens is 433 g/mol. The average molecular weight is 454 g/mol. The lowest BCUT2D eigenvalue weighted by Crippen LogP contribution is -2.47. The molecule has 0 saturated carbocycles. The van der Waals surface area contributed by atoms with Crippen molar-refractivity contribution in [2.45, 2.75) is 37.8 Å². The van der Waals surface area contributed by atoms with Crippen molar-refractivity contribution in [3.63, 3.8) is 0 Å². The number of anilines is 1. The van der Waals surface area contributed by atoms with E-state index in [2.05, 4.69) is 5.32 Å². The maximum Gasteiger partial charge on any atom is 0.416 e. The fraction of sp³-hybridized carbons (Fsp3) is 0.286. The van der Waals surface area contributed by atoms with Gasteiger partial charge in [-0.2, -0.15) is 13.2 Å². The van der Waals surface area contributed by atoms with Gasteiger partial charge >= 0.3 is 18.1 Å². The highest BCUT2D eigenvalue weighted by Gasteiger charge is 2.31. The van der Waals surface area contributed by atoms with Crippen LogP contribution in [0.5, 0.6) is 0 Å². The number of rotatable bonds is 10. The number of nitrogens with one attached hydrogen (secondary N) is 1. The first-order valence-corrected chi connectivity index (χ1v) is 9.35. The van der Waals surface area contributed by atoms with Gasteiger partial charge in [-0.3, -0.25) is 9.59 Å². The summed E-state index contributed by atoms with van der Waals surface area (Å²) in [4.78, 5) is 34.2. The summed E-state index contributed by atoms with van der Waals surface area (Å²) >= 11 is 0. The lowest BCUT2D eigenvalue weighted by Gasteiger charge is -2.17. The number of alkyl halides is 3. The lowest BCUT2D eigenvalue weighted by atomic mass is 10.1. The van der Waals surface area contributed by atoms with Crippen LogP contribution in [0.4, 0.5) is 18.9 Å². The molecule has 32 heavy (non-hydrogen) atoms. The van der Waals surface area contributed by atoms with Crippen LogP contribution in [-0.4, -0.2) is 40.2 Å². The van der Waals surface area contributed by atoms with Crippen LogP contribution in [0.2, 0.25) is 0 Å². The number of carboxylic acids is 2. The summed E-state index contributed by atoms with van der Waals surface area (Å²) in [5.41, 5.74) is 5.98. The van der Waals surface area contributed by atoms with E-state index >= 15 is 0 Å². The third-order valence-electron chi connectivity index (χ3n) is 4.42. The van der Waals surface area contributed by atoms with E-state index in [0.717, 1.165) is 12.1 Å². The van der Waals surface area contributed by atoms with E-state index in [-0.39, 0.29) is 25.4 Å². The Morgan fingerprint density at radius 2 is 1.66 bits per heavy atom. The molecule has 2 aromatic rings. The number of hydrogen-bond donors (Lipinski definition) is 4. The molecule has 0 aliphatic heterocycles. The molecule has 2 atom stereocenters. The molecule has 5 N–H and O–H groups in total. The summed E-state index contributed by atoms with van der Waals surface area (Å²) in [5, 5.41) is 20.6. The normalized spacial score (nSPS) is 13.2. The van der Waals surface area contributed by atoms with Gasteiger partial charge in [0.2, 0.25) is 5.91 Å². The van der Waals surface area contributed by atoms with Crippen LogP contribution in [0.15, 0.2) is 48.5 Å². The van der Waals surface area contributed by atoms with Crippen molar-refractivity contribution in [1.29, 1.82) is 0 Å². The number of halogens is 3. The zero-order chi connectivity index (χ0) is 23.9. The van der Waals surface area contributed by atoms with E-state index in [1.165, 1.54) is 18.2 Å². The monoisotopic (exact) mass is 454 g/mol. The summed E-state index contributed by atoms with van der Waals surface area (Å²) in [5.74, 6) is -3.42. The first-order chi connectivity index (χ1) is 15.0. The Hall–Kier alpha value is -3.44. The van der Waals surface area contributed by atoms with E-state index in [9.17, 15) is 27.6 Å². The molecule has 0 radical (unpaired) electrons. The Bertz CT molecular complexity index is 963. The van der Waals surface area contributed by atoms with Crippen LogP contribution < -0.4 is 11.1 Å². The zero-order valence-corrected chi connectivity index (χ0v) is 16.6. The topological polar surface area (TPSA) is 139 Å². The third-order valence-corrected chi connectivity index (χ3v) is 4.42. The Morgan fingerprint density at radius 1 is 1.00 bits per heavy atom. The summed E-state index contributed by atoms with van der Waals surface area (Å²) in [6, 6.07) is 9.05. The molecule has 0 spiro atoms. The van der Waals surface area contributed by atoms with Crippen molar-refractivity contribution in [2.75, 3.05) is 5.32 Å². The second-order valence-corrected chi connectivity index (χ2v) is 6.88. The van der Waals surface area contributed by atoms with Gasteiger partial charge in [0, 0.05) is 12.1 Å². The quantitative estimate of drug-likeness (QED) is 0.433. The minimum atomic E-state index is -4.42. The number of ether oxygens (including phenoxy) is 1. The maximum atomic E-state index is 12.6. The Morgan fingerprint density at radius 3 is 2.22 bits per heavy atom. The van der Waals surface area contributed by atoms with Crippen LogP contribution in [0.3, 0.4) is 0 Å². The minimum absolute atomic E-state index is 0.0284. The fourth-order valence-electron chi connectivity index (χ4n) is 2.72. The Balaban J connectivity index is 1.91. The van der Waals surface area contributed by atoms with Gasteiger partial charge in [-0.05, 0) is 41.8 Å². The lowest BCUT2D eigenvalue weighted by molar-refractivity contribution is -0.159. The van der Waals surface area contributed by atoms with Crippen molar-refractivity contribution < 1.29 is 42.5 Å². The molecule has 1 amide bonds. The van der Waals surface area contributed by atoms with Crippen molar-refractivity contribution in [2.24, 2.45) is 5.73 Å².